The average molecular weight is 561 g/mol. The molecule has 202 valence electrons. The zero-order valence-corrected chi connectivity index (χ0v) is 23.3. The van der Waals surface area contributed by atoms with Crippen LogP contribution in [0.3, 0.4) is 0 Å². The minimum Gasteiger partial charge on any atom is -0.495 e. The van der Waals surface area contributed by atoms with Gasteiger partial charge in [0, 0.05) is 23.7 Å². The van der Waals surface area contributed by atoms with Crippen LogP contribution in [0, 0.1) is 17.2 Å². The third kappa shape index (κ3) is 6.17. The van der Waals surface area contributed by atoms with Crippen LogP contribution in [0.15, 0.2) is 30.5 Å². The first kappa shape index (κ1) is 28.0. The van der Waals surface area contributed by atoms with Crippen LogP contribution in [0.1, 0.15) is 38.2 Å². The number of benzene rings is 2. The summed E-state index contributed by atoms with van der Waals surface area (Å²) in [6.07, 6.45) is 5.80. The second kappa shape index (κ2) is 12.7. The van der Waals surface area contributed by atoms with Crippen molar-refractivity contribution in [3.8, 4) is 23.3 Å². The Labute approximate surface area is 232 Å². The Morgan fingerprint density at radius 1 is 1.11 bits per heavy atom. The van der Waals surface area contributed by atoms with Crippen LogP contribution in [-0.4, -0.2) is 50.3 Å². The fourth-order valence-electron chi connectivity index (χ4n) is 4.71. The third-order valence-electron chi connectivity index (χ3n) is 6.81. The van der Waals surface area contributed by atoms with Crippen LogP contribution in [0.4, 0.5) is 15.9 Å². The molecule has 2 heterocycles. The summed E-state index contributed by atoms with van der Waals surface area (Å²) >= 11 is 12.5. The molecule has 0 amide bonds. The molecular formula is C28H31Cl2FN4O3. The van der Waals surface area contributed by atoms with E-state index in [1.807, 2.05) is 13.0 Å². The van der Waals surface area contributed by atoms with Crippen LogP contribution < -0.4 is 19.3 Å². The van der Waals surface area contributed by atoms with E-state index in [0.29, 0.717) is 40.7 Å². The molecule has 10 heteroatoms. The first-order valence-electron chi connectivity index (χ1n) is 12.7. The average Bonchev–Trinajstić information content (AvgIpc) is 2.91. The Morgan fingerprint density at radius 3 is 2.53 bits per heavy atom. The van der Waals surface area contributed by atoms with Gasteiger partial charge in [-0.05, 0) is 70.8 Å². The normalized spacial score (nSPS) is 14.3. The van der Waals surface area contributed by atoms with Crippen LogP contribution in [-0.2, 0) is 0 Å². The minimum atomic E-state index is -0.0240. The second-order valence-electron chi connectivity index (χ2n) is 9.34. The first-order valence-corrected chi connectivity index (χ1v) is 13.4. The van der Waals surface area contributed by atoms with E-state index < -0.39 is 0 Å². The number of methoxy groups -OCH3 is 1. The molecule has 0 N–H and O–H groups in total. The van der Waals surface area contributed by atoms with Crippen molar-refractivity contribution in [3.05, 3.63) is 46.1 Å². The molecule has 0 spiro atoms. The van der Waals surface area contributed by atoms with E-state index >= 15 is 4.48 Å². The topological polar surface area (TPSA) is 70.8 Å². The van der Waals surface area contributed by atoms with Crippen molar-refractivity contribution in [2.45, 2.75) is 32.6 Å². The second-order valence-corrected chi connectivity index (χ2v) is 10.2. The fraction of sp³-hybridized carbons (Fsp3) is 0.429. The van der Waals surface area contributed by atoms with Crippen LogP contribution in [0.5, 0.6) is 17.2 Å². The number of rotatable bonds is 10. The molecule has 0 radical (unpaired) electrons. The van der Waals surface area contributed by atoms with E-state index in [2.05, 4.69) is 16.9 Å². The molecule has 0 bridgehead atoms. The number of fused-ring (bicyclic) bond motifs is 1. The molecule has 1 aliphatic rings. The molecule has 4 rings (SSSR count). The van der Waals surface area contributed by atoms with E-state index in [0.717, 1.165) is 31.8 Å². The van der Waals surface area contributed by atoms with Gasteiger partial charge in [0.25, 0.3) is 0 Å². The largest absolute Gasteiger partial charge is 0.495 e. The standard InChI is InChI=1S/C28H31Cl2FN4O3/c1-4-37-26-12-20-23(14-27(26)38-11-5-6-18-7-9-34(2)10-8-18)33-17-19(16-32)28(20)35(31)24-15-25(36-3)22(30)13-21(24)29/h12-15,17-18H,4-11H2,1-3H3. The van der Waals surface area contributed by atoms with E-state index in [1.165, 1.54) is 38.3 Å². The minimum absolute atomic E-state index is 0.0152. The summed E-state index contributed by atoms with van der Waals surface area (Å²) in [7, 11) is 3.59. The van der Waals surface area contributed by atoms with E-state index in [9.17, 15) is 5.26 Å². The van der Waals surface area contributed by atoms with Gasteiger partial charge in [0.05, 0.1) is 47.1 Å². The summed E-state index contributed by atoms with van der Waals surface area (Å²) in [6, 6.07) is 8.17. The molecule has 2 aromatic carbocycles. The molecule has 3 aromatic rings. The number of hydrogen-bond donors (Lipinski definition) is 0. The van der Waals surface area contributed by atoms with Crippen molar-refractivity contribution in [1.82, 2.24) is 9.88 Å². The summed E-state index contributed by atoms with van der Waals surface area (Å²) in [6.45, 7) is 5.07. The molecule has 0 saturated carbocycles. The molecule has 38 heavy (non-hydrogen) atoms. The fourth-order valence-corrected chi connectivity index (χ4v) is 5.25. The first-order chi connectivity index (χ1) is 18.4. The van der Waals surface area contributed by atoms with Crippen molar-refractivity contribution >= 4 is 45.5 Å². The number of likely N-dealkylation sites (tertiary alicyclic amines) is 1. The molecule has 0 aliphatic carbocycles. The van der Waals surface area contributed by atoms with Crippen molar-refractivity contribution in [3.63, 3.8) is 0 Å². The Balaban J connectivity index is 1.64. The maximum atomic E-state index is 16.0. The molecule has 1 saturated heterocycles. The number of nitrogens with zero attached hydrogens (tertiary/aromatic N) is 4. The number of piperidine rings is 1. The molecule has 1 aliphatic heterocycles. The lowest BCUT2D eigenvalue weighted by atomic mass is 9.93. The number of halogens is 3. The molecule has 0 atom stereocenters. The molecule has 1 fully saturated rings. The van der Waals surface area contributed by atoms with Crippen molar-refractivity contribution in [2.75, 3.05) is 45.6 Å². The maximum Gasteiger partial charge on any atom is 0.163 e. The van der Waals surface area contributed by atoms with Crippen LogP contribution in [0.2, 0.25) is 10.0 Å². The van der Waals surface area contributed by atoms with Gasteiger partial charge in [-0.3, -0.25) is 4.98 Å². The number of pyridine rings is 1. The zero-order valence-electron chi connectivity index (χ0n) is 21.8. The summed E-state index contributed by atoms with van der Waals surface area (Å²) in [4.78, 5) is 6.76. The Hall–Kier alpha value is -2.99. The summed E-state index contributed by atoms with van der Waals surface area (Å²) in [5, 5.41) is 10.8. The maximum absolute atomic E-state index is 16.0. The molecule has 7 nitrogen and oxygen atoms in total. The SMILES string of the molecule is CCOc1cc2c(N(F)c3cc(OC)c(Cl)cc3Cl)c(C#N)cnc2cc1OCCCC1CCN(C)CC1. The quantitative estimate of drug-likeness (QED) is 0.189. The Bertz CT molecular complexity index is 1330. The Morgan fingerprint density at radius 2 is 1.84 bits per heavy atom. The number of anilines is 2. The van der Waals surface area contributed by atoms with Gasteiger partial charge >= 0.3 is 0 Å². The predicted molar refractivity (Wildman–Crippen MR) is 149 cm³/mol. The van der Waals surface area contributed by atoms with Gasteiger partial charge in [0.2, 0.25) is 0 Å². The lowest BCUT2D eigenvalue weighted by Crippen LogP contribution is -2.30. The molecular weight excluding hydrogens is 530 g/mol. The molecule has 0 unspecified atom stereocenters. The molecule has 1 aromatic heterocycles. The van der Waals surface area contributed by atoms with Gasteiger partial charge in [-0.1, -0.05) is 27.7 Å². The van der Waals surface area contributed by atoms with Gasteiger partial charge in [0.1, 0.15) is 17.5 Å². The summed E-state index contributed by atoms with van der Waals surface area (Å²) in [5.41, 5.74) is 0.439. The number of aromatic nitrogens is 1. The van der Waals surface area contributed by atoms with E-state index in [-0.39, 0.29) is 32.7 Å². The van der Waals surface area contributed by atoms with E-state index in [4.69, 9.17) is 37.4 Å². The number of nitriles is 1. The summed E-state index contributed by atoms with van der Waals surface area (Å²) in [5.74, 6) is 1.95. The monoisotopic (exact) mass is 560 g/mol. The van der Waals surface area contributed by atoms with Crippen molar-refractivity contribution in [2.24, 2.45) is 5.92 Å². The van der Waals surface area contributed by atoms with Gasteiger partial charge in [-0.25, -0.2) is 0 Å². The lowest BCUT2D eigenvalue weighted by Gasteiger charge is -2.28. The van der Waals surface area contributed by atoms with E-state index in [1.54, 1.807) is 12.1 Å². The Kier molecular flexibility index (Phi) is 9.37. The van der Waals surface area contributed by atoms with Crippen molar-refractivity contribution < 1.29 is 18.7 Å². The zero-order chi connectivity index (χ0) is 27.2. The highest BCUT2D eigenvalue weighted by molar-refractivity contribution is 6.37. The van der Waals surface area contributed by atoms with Crippen LogP contribution >= 0.6 is 23.2 Å². The van der Waals surface area contributed by atoms with Crippen LogP contribution in [0.25, 0.3) is 10.9 Å². The summed E-state index contributed by atoms with van der Waals surface area (Å²) < 4.78 is 33.2. The number of ether oxygens (including phenoxy) is 3. The highest BCUT2D eigenvalue weighted by Crippen LogP contribution is 2.44. The third-order valence-corrected chi connectivity index (χ3v) is 7.40. The van der Waals surface area contributed by atoms with Gasteiger partial charge in [-0.15, -0.1) is 0 Å². The van der Waals surface area contributed by atoms with Gasteiger partial charge in [-0.2, -0.15) is 10.4 Å². The highest BCUT2D eigenvalue weighted by atomic mass is 35.5. The number of hydrogen-bond acceptors (Lipinski definition) is 7. The van der Waals surface area contributed by atoms with Gasteiger partial charge < -0.3 is 19.1 Å². The van der Waals surface area contributed by atoms with Gasteiger partial charge in [0.15, 0.2) is 11.5 Å². The predicted octanol–water partition coefficient (Wildman–Crippen LogP) is 7.34. The lowest BCUT2D eigenvalue weighted by molar-refractivity contribution is 0.199. The van der Waals surface area contributed by atoms with Crippen molar-refractivity contribution in [1.29, 1.82) is 5.26 Å². The smallest absolute Gasteiger partial charge is 0.163 e. The highest BCUT2D eigenvalue weighted by Gasteiger charge is 2.24.